The molecule has 4 nitrogen and oxygen atoms in total. The molecule has 20 heavy (non-hydrogen) atoms. The average Bonchev–Trinajstić information content (AvgIpc) is 2.64. The van der Waals surface area contributed by atoms with Gasteiger partial charge in [0.05, 0.1) is 16.4 Å². The van der Waals surface area contributed by atoms with Crippen LogP contribution in [-0.2, 0) is 20.1 Å². The first-order chi connectivity index (χ1) is 9.43. The molecule has 1 aromatic heterocycles. The second-order valence-corrected chi connectivity index (χ2v) is 5.33. The summed E-state index contributed by atoms with van der Waals surface area (Å²) in [6, 6.07) is 3.81. The van der Waals surface area contributed by atoms with Crippen LogP contribution >= 0.6 is 11.6 Å². The van der Waals surface area contributed by atoms with E-state index in [1.807, 2.05) is 40.0 Å². The van der Waals surface area contributed by atoms with E-state index in [-0.39, 0.29) is 0 Å². The van der Waals surface area contributed by atoms with Crippen LogP contribution in [0.5, 0.6) is 5.75 Å². The Morgan fingerprint density at radius 2 is 1.90 bits per heavy atom. The van der Waals surface area contributed by atoms with Gasteiger partial charge in [-0.05, 0) is 43.5 Å². The molecule has 0 unspecified atom stereocenters. The molecule has 0 bridgehead atoms. The summed E-state index contributed by atoms with van der Waals surface area (Å²) in [5, 5.41) is 5.08. The lowest BCUT2D eigenvalue weighted by Crippen LogP contribution is -2.05. The van der Waals surface area contributed by atoms with Gasteiger partial charge in [0.15, 0.2) is 0 Å². The van der Waals surface area contributed by atoms with E-state index in [2.05, 4.69) is 5.10 Å². The largest absolute Gasteiger partial charge is 0.487 e. The third-order valence-electron chi connectivity index (χ3n) is 3.34. The number of halogens is 1. The number of nitrogen functional groups attached to an aromatic ring is 1. The van der Waals surface area contributed by atoms with E-state index in [4.69, 9.17) is 22.1 Å². The number of nitrogens with zero attached hydrogens (tertiary/aromatic N) is 2. The molecule has 0 amide bonds. The zero-order valence-electron chi connectivity index (χ0n) is 12.3. The summed E-state index contributed by atoms with van der Waals surface area (Å²) in [4.78, 5) is 0. The van der Waals surface area contributed by atoms with Crippen molar-refractivity contribution in [2.24, 2.45) is 7.05 Å². The average molecular weight is 294 g/mol. The highest BCUT2D eigenvalue weighted by Crippen LogP contribution is 2.28. The van der Waals surface area contributed by atoms with E-state index in [9.17, 15) is 0 Å². The fourth-order valence-corrected chi connectivity index (χ4v) is 2.68. The highest BCUT2D eigenvalue weighted by molar-refractivity contribution is 6.31. The Balaban J connectivity index is 2.24. The Hall–Kier alpha value is -1.68. The Kier molecular flexibility index (Phi) is 4.23. The molecule has 0 aliphatic rings. The monoisotopic (exact) mass is 293 g/mol. The minimum atomic E-state index is 0.397. The van der Waals surface area contributed by atoms with Crippen LogP contribution in [0.4, 0.5) is 5.69 Å². The Bertz CT molecular complexity index is 611. The van der Waals surface area contributed by atoms with Gasteiger partial charge >= 0.3 is 0 Å². The van der Waals surface area contributed by atoms with Gasteiger partial charge in [-0.2, -0.15) is 5.10 Å². The highest BCUT2D eigenvalue weighted by Gasteiger charge is 2.14. The molecule has 1 aromatic carbocycles. The molecule has 0 radical (unpaired) electrons. The molecule has 0 atom stereocenters. The third-order valence-corrected chi connectivity index (χ3v) is 3.78. The third kappa shape index (κ3) is 2.75. The van der Waals surface area contributed by atoms with Crippen LogP contribution in [0.15, 0.2) is 12.1 Å². The van der Waals surface area contributed by atoms with Crippen LogP contribution in [0, 0.1) is 13.8 Å². The number of anilines is 1. The van der Waals surface area contributed by atoms with Crippen molar-refractivity contribution >= 4 is 17.3 Å². The van der Waals surface area contributed by atoms with Crippen LogP contribution in [0.1, 0.15) is 29.4 Å². The van der Waals surface area contributed by atoms with E-state index in [1.165, 1.54) is 0 Å². The van der Waals surface area contributed by atoms with E-state index in [0.717, 1.165) is 40.4 Å². The maximum absolute atomic E-state index is 6.32. The first kappa shape index (κ1) is 14.7. The molecule has 0 aliphatic carbocycles. The fourth-order valence-electron chi connectivity index (χ4n) is 2.33. The molecule has 0 spiro atoms. The number of ether oxygens (including phenoxy) is 1. The lowest BCUT2D eigenvalue weighted by Gasteiger charge is -2.13. The van der Waals surface area contributed by atoms with Crippen molar-refractivity contribution in [1.82, 2.24) is 9.78 Å². The lowest BCUT2D eigenvalue weighted by molar-refractivity contribution is 0.291. The molecule has 1 heterocycles. The minimum Gasteiger partial charge on any atom is -0.487 e. The molecule has 0 aliphatic heterocycles. The number of aromatic nitrogens is 2. The van der Waals surface area contributed by atoms with E-state index >= 15 is 0 Å². The Morgan fingerprint density at radius 1 is 1.30 bits per heavy atom. The lowest BCUT2D eigenvalue weighted by atomic mass is 10.1. The highest BCUT2D eigenvalue weighted by atomic mass is 35.5. The Labute approximate surface area is 124 Å². The maximum Gasteiger partial charge on any atom is 0.131 e. The van der Waals surface area contributed by atoms with Crippen molar-refractivity contribution in [2.45, 2.75) is 33.8 Å². The number of hydrogen-bond acceptors (Lipinski definition) is 3. The van der Waals surface area contributed by atoms with Crippen molar-refractivity contribution < 1.29 is 4.74 Å². The standard InChI is InChI=1S/C15H20ClN3O/c1-5-12-14(16)13(19(4)18-12)8-20-15-9(2)6-11(17)7-10(15)3/h6-7H,5,8,17H2,1-4H3. The summed E-state index contributed by atoms with van der Waals surface area (Å²) >= 11 is 6.32. The first-order valence-electron chi connectivity index (χ1n) is 6.63. The fraction of sp³-hybridized carbons (Fsp3) is 0.400. The smallest absolute Gasteiger partial charge is 0.131 e. The molecular weight excluding hydrogens is 274 g/mol. The van der Waals surface area contributed by atoms with Crippen LogP contribution in [0.25, 0.3) is 0 Å². The summed E-state index contributed by atoms with van der Waals surface area (Å²) in [6.07, 6.45) is 0.812. The summed E-state index contributed by atoms with van der Waals surface area (Å²) in [6.45, 7) is 6.41. The van der Waals surface area contributed by atoms with Gasteiger partial charge in [-0.25, -0.2) is 0 Å². The summed E-state index contributed by atoms with van der Waals surface area (Å²) < 4.78 is 7.71. The number of benzene rings is 1. The summed E-state index contributed by atoms with van der Waals surface area (Å²) in [7, 11) is 1.88. The summed E-state index contributed by atoms with van der Waals surface area (Å²) in [5.41, 5.74) is 10.4. The topological polar surface area (TPSA) is 53.1 Å². The molecule has 0 fully saturated rings. The van der Waals surface area contributed by atoms with Crippen LogP contribution in [0.2, 0.25) is 5.02 Å². The molecular formula is C15H20ClN3O. The van der Waals surface area contributed by atoms with Crippen molar-refractivity contribution in [3.05, 3.63) is 39.7 Å². The van der Waals surface area contributed by atoms with Gasteiger partial charge < -0.3 is 10.5 Å². The number of rotatable bonds is 4. The first-order valence-corrected chi connectivity index (χ1v) is 7.01. The van der Waals surface area contributed by atoms with Gasteiger partial charge in [-0.15, -0.1) is 0 Å². The predicted molar refractivity (Wildman–Crippen MR) is 82.3 cm³/mol. The van der Waals surface area contributed by atoms with E-state index < -0.39 is 0 Å². The number of aryl methyl sites for hydroxylation is 4. The molecule has 0 saturated carbocycles. The quantitative estimate of drug-likeness (QED) is 0.879. The van der Waals surface area contributed by atoms with Gasteiger partial charge in [-0.1, -0.05) is 18.5 Å². The second kappa shape index (κ2) is 5.75. The van der Waals surface area contributed by atoms with Crippen LogP contribution < -0.4 is 10.5 Å². The van der Waals surface area contributed by atoms with Crippen molar-refractivity contribution in [3.8, 4) is 5.75 Å². The second-order valence-electron chi connectivity index (χ2n) is 4.96. The van der Waals surface area contributed by atoms with Gasteiger partial charge in [0, 0.05) is 12.7 Å². The van der Waals surface area contributed by atoms with Crippen molar-refractivity contribution in [2.75, 3.05) is 5.73 Å². The van der Waals surface area contributed by atoms with Gasteiger partial charge in [0.2, 0.25) is 0 Å². The van der Waals surface area contributed by atoms with E-state index in [1.54, 1.807) is 4.68 Å². The maximum atomic E-state index is 6.32. The SMILES string of the molecule is CCc1nn(C)c(COc2c(C)cc(N)cc2C)c1Cl. The minimum absolute atomic E-state index is 0.397. The molecule has 2 rings (SSSR count). The molecule has 0 saturated heterocycles. The molecule has 2 N–H and O–H groups in total. The van der Waals surface area contributed by atoms with Gasteiger partial charge in [0.25, 0.3) is 0 Å². The summed E-state index contributed by atoms with van der Waals surface area (Å²) in [5.74, 6) is 0.856. The predicted octanol–water partition coefficient (Wildman–Crippen LogP) is 3.41. The molecule has 2 aromatic rings. The molecule has 108 valence electrons. The zero-order valence-corrected chi connectivity index (χ0v) is 13.1. The van der Waals surface area contributed by atoms with Gasteiger partial charge in [-0.3, -0.25) is 4.68 Å². The van der Waals surface area contributed by atoms with E-state index in [0.29, 0.717) is 11.6 Å². The number of hydrogen-bond donors (Lipinski definition) is 1. The van der Waals surface area contributed by atoms with Crippen LogP contribution in [0.3, 0.4) is 0 Å². The zero-order chi connectivity index (χ0) is 14.9. The molecule has 5 heteroatoms. The number of nitrogens with two attached hydrogens (primary N) is 1. The van der Waals surface area contributed by atoms with Gasteiger partial charge in [0.1, 0.15) is 12.4 Å². The normalized spacial score (nSPS) is 10.8. The van der Waals surface area contributed by atoms with Crippen molar-refractivity contribution in [3.63, 3.8) is 0 Å². The van der Waals surface area contributed by atoms with Crippen LogP contribution in [-0.4, -0.2) is 9.78 Å². The van der Waals surface area contributed by atoms with Crippen molar-refractivity contribution in [1.29, 1.82) is 0 Å². The Morgan fingerprint density at radius 3 is 2.40 bits per heavy atom.